The molecule has 0 saturated carbocycles. The second-order valence-corrected chi connectivity index (χ2v) is 7.17. The topological polar surface area (TPSA) is 58.5 Å². The van der Waals surface area contributed by atoms with Crippen molar-refractivity contribution >= 4 is 44.9 Å². The Labute approximate surface area is 133 Å². The fraction of sp³-hybridized carbons (Fsp3) is 0.0714. The van der Waals surface area contributed by atoms with Crippen molar-refractivity contribution in [2.24, 2.45) is 5.10 Å². The summed E-state index contributed by atoms with van der Waals surface area (Å²) in [5, 5.41) is 4.99. The van der Waals surface area contributed by atoms with Gasteiger partial charge in [-0.15, -0.1) is 0 Å². The number of halogens is 2. The average Bonchev–Trinajstić information content (AvgIpc) is 2.42. The summed E-state index contributed by atoms with van der Waals surface area (Å²) >= 11 is 11.7. The van der Waals surface area contributed by atoms with Crippen molar-refractivity contribution in [1.82, 2.24) is 0 Å². The van der Waals surface area contributed by atoms with Crippen molar-refractivity contribution < 1.29 is 8.42 Å². The Hall–Kier alpha value is -1.56. The van der Waals surface area contributed by atoms with Gasteiger partial charge in [0.1, 0.15) is 0 Å². The minimum absolute atomic E-state index is 0.265. The second kappa shape index (κ2) is 6.47. The first-order valence-electron chi connectivity index (χ1n) is 5.90. The van der Waals surface area contributed by atoms with E-state index in [2.05, 4.69) is 10.5 Å². The lowest BCUT2D eigenvalue weighted by atomic mass is 10.2. The molecule has 2 rings (SSSR count). The summed E-state index contributed by atoms with van der Waals surface area (Å²) in [5.41, 5.74) is 4.28. The number of sulfone groups is 1. The molecule has 0 bridgehead atoms. The van der Waals surface area contributed by atoms with Crippen molar-refractivity contribution in [3.05, 3.63) is 58.1 Å². The van der Waals surface area contributed by atoms with Gasteiger partial charge in [0.05, 0.1) is 26.8 Å². The first kappa shape index (κ1) is 15.8. The van der Waals surface area contributed by atoms with Gasteiger partial charge in [0.2, 0.25) is 0 Å². The van der Waals surface area contributed by atoms with Crippen LogP contribution in [0.1, 0.15) is 5.56 Å². The number of hydrogen-bond donors (Lipinski definition) is 1. The van der Waals surface area contributed by atoms with Crippen LogP contribution in [0.4, 0.5) is 5.69 Å². The molecule has 110 valence electrons. The van der Waals surface area contributed by atoms with E-state index >= 15 is 0 Å². The molecule has 0 unspecified atom stereocenters. The van der Waals surface area contributed by atoms with Gasteiger partial charge in [0.25, 0.3) is 0 Å². The largest absolute Gasteiger partial charge is 0.279 e. The summed E-state index contributed by atoms with van der Waals surface area (Å²) in [7, 11) is -3.19. The number of hydrogen-bond acceptors (Lipinski definition) is 4. The van der Waals surface area contributed by atoms with E-state index in [1.165, 1.54) is 12.1 Å². The molecule has 0 saturated heterocycles. The summed E-state index contributed by atoms with van der Waals surface area (Å²) in [6.45, 7) is 0. The zero-order valence-electron chi connectivity index (χ0n) is 11.0. The normalized spacial score (nSPS) is 11.8. The van der Waals surface area contributed by atoms with E-state index in [0.717, 1.165) is 11.8 Å². The highest BCUT2D eigenvalue weighted by molar-refractivity contribution is 7.90. The maximum atomic E-state index is 11.3. The number of rotatable bonds is 4. The molecule has 0 atom stereocenters. The SMILES string of the molecule is CS(=O)(=O)c1ccc(NN=Cc2ccc(Cl)c(Cl)c2)cc1. The van der Waals surface area contributed by atoms with Crippen molar-refractivity contribution in [3.63, 3.8) is 0 Å². The van der Waals surface area contributed by atoms with E-state index < -0.39 is 9.84 Å². The van der Waals surface area contributed by atoms with Gasteiger partial charge in [0.15, 0.2) is 9.84 Å². The summed E-state index contributed by atoms with van der Waals surface area (Å²) in [4.78, 5) is 0.265. The van der Waals surface area contributed by atoms with E-state index in [0.29, 0.717) is 15.7 Å². The number of benzene rings is 2. The molecule has 0 fully saturated rings. The number of anilines is 1. The highest BCUT2D eigenvalue weighted by Crippen LogP contribution is 2.21. The van der Waals surface area contributed by atoms with Gasteiger partial charge < -0.3 is 0 Å². The summed E-state index contributed by atoms with van der Waals surface area (Å²) in [6.07, 6.45) is 2.75. The highest BCUT2D eigenvalue weighted by Gasteiger charge is 2.05. The minimum atomic E-state index is -3.19. The molecule has 0 spiro atoms. The Morgan fingerprint density at radius 3 is 2.29 bits per heavy atom. The molecule has 7 heteroatoms. The number of nitrogens with zero attached hydrogens (tertiary/aromatic N) is 1. The lowest BCUT2D eigenvalue weighted by Crippen LogP contribution is -1.97. The molecular formula is C14H12Cl2N2O2S. The quantitative estimate of drug-likeness (QED) is 0.678. The standard InChI is InChI=1S/C14H12Cl2N2O2S/c1-21(19,20)12-5-3-11(4-6-12)18-17-9-10-2-7-13(15)14(16)8-10/h2-9,18H,1H3. The van der Waals surface area contributed by atoms with Crippen LogP contribution in [0.5, 0.6) is 0 Å². The molecule has 0 heterocycles. The van der Waals surface area contributed by atoms with E-state index in [1.54, 1.807) is 36.5 Å². The van der Waals surface area contributed by atoms with Gasteiger partial charge in [-0.2, -0.15) is 5.10 Å². The van der Waals surface area contributed by atoms with Crippen molar-refractivity contribution in [3.8, 4) is 0 Å². The first-order valence-corrected chi connectivity index (χ1v) is 8.55. The number of hydrazone groups is 1. The highest BCUT2D eigenvalue weighted by atomic mass is 35.5. The Morgan fingerprint density at radius 2 is 1.71 bits per heavy atom. The molecular weight excluding hydrogens is 331 g/mol. The van der Waals surface area contributed by atoms with Gasteiger partial charge in [0, 0.05) is 6.26 Å². The molecule has 0 radical (unpaired) electrons. The fourth-order valence-corrected chi connectivity index (χ4v) is 2.49. The fourth-order valence-electron chi connectivity index (χ4n) is 1.55. The van der Waals surface area contributed by atoms with Crippen molar-refractivity contribution in [2.75, 3.05) is 11.7 Å². The predicted octanol–water partition coefficient (Wildman–Crippen LogP) is 3.84. The van der Waals surface area contributed by atoms with Crippen LogP contribution < -0.4 is 5.43 Å². The van der Waals surface area contributed by atoms with Crippen LogP contribution in [0.15, 0.2) is 52.5 Å². The minimum Gasteiger partial charge on any atom is -0.279 e. The maximum Gasteiger partial charge on any atom is 0.175 e. The molecule has 1 N–H and O–H groups in total. The molecule has 2 aromatic carbocycles. The van der Waals surface area contributed by atoms with E-state index in [-0.39, 0.29) is 4.90 Å². The van der Waals surface area contributed by atoms with E-state index in [4.69, 9.17) is 23.2 Å². The molecule has 21 heavy (non-hydrogen) atoms. The molecule has 2 aromatic rings. The molecule has 0 amide bonds. The summed E-state index contributed by atoms with van der Waals surface area (Å²) in [5.74, 6) is 0. The second-order valence-electron chi connectivity index (χ2n) is 4.34. The summed E-state index contributed by atoms with van der Waals surface area (Å²) in [6, 6.07) is 11.5. The van der Waals surface area contributed by atoms with Gasteiger partial charge in [-0.25, -0.2) is 8.42 Å². The predicted molar refractivity (Wildman–Crippen MR) is 87.2 cm³/mol. The maximum absolute atomic E-state index is 11.3. The van der Waals surface area contributed by atoms with Gasteiger partial charge in [-0.3, -0.25) is 5.43 Å². The zero-order chi connectivity index (χ0) is 15.5. The Bertz CT molecular complexity index is 772. The molecule has 4 nitrogen and oxygen atoms in total. The van der Waals surface area contributed by atoms with E-state index in [9.17, 15) is 8.42 Å². The average molecular weight is 343 g/mol. The van der Waals surface area contributed by atoms with Crippen LogP contribution in [-0.2, 0) is 9.84 Å². The summed E-state index contributed by atoms with van der Waals surface area (Å²) < 4.78 is 22.7. The van der Waals surface area contributed by atoms with Gasteiger partial charge in [-0.1, -0.05) is 29.3 Å². The van der Waals surface area contributed by atoms with Gasteiger partial charge >= 0.3 is 0 Å². The monoisotopic (exact) mass is 342 g/mol. The van der Waals surface area contributed by atoms with Crippen LogP contribution >= 0.6 is 23.2 Å². The van der Waals surface area contributed by atoms with Crippen LogP contribution in [0.3, 0.4) is 0 Å². The lowest BCUT2D eigenvalue weighted by Gasteiger charge is -2.02. The third-order valence-electron chi connectivity index (χ3n) is 2.63. The zero-order valence-corrected chi connectivity index (χ0v) is 13.4. The van der Waals surface area contributed by atoms with Crippen LogP contribution in [-0.4, -0.2) is 20.9 Å². The Balaban J connectivity index is 2.05. The molecule has 0 aliphatic rings. The third kappa shape index (κ3) is 4.46. The molecule has 0 aliphatic heterocycles. The molecule has 0 aromatic heterocycles. The number of nitrogens with one attached hydrogen (secondary N) is 1. The van der Waals surface area contributed by atoms with Crippen LogP contribution in [0.25, 0.3) is 0 Å². The lowest BCUT2D eigenvalue weighted by molar-refractivity contribution is 0.602. The third-order valence-corrected chi connectivity index (χ3v) is 4.50. The Morgan fingerprint density at radius 1 is 1.05 bits per heavy atom. The Kier molecular flexibility index (Phi) is 4.88. The van der Waals surface area contributed by atoms with Crippen LogP contribution in [0.2, 0.25) is 10.0 Å². The van der Waals surface area contributed by atoms with Gasteiger partial charge in [-0.05, 0) is 42.0 Å². The van der Waals surface area contributed by atoms with Crippen molar-refractivity contribution in [1.29, 1.82) is 0 Å². The van der Waals surface area contributed by atoms with Crippen LogP contribution in [0, 0.1) is 0 Å². The first-order chi connectivity index (χ1) is 9.86. The smallest absolute Gasteiger partial charge is 0.175 e. The van der Waals surface area contributed by atoms with E-state index in [1.807, 2.05) is 0 Å². The molecule has 0 aliphatic carbocycles. The van der Waals surface area contributed by atoms with Crippen molar-refractivity contribution in [2.45, 2.75) is 4.90 Å².